The van der Waals surface area contributed by atoms with Crippen LogP contribution in [0.3, 0.4) is 0 Å². The Hall–Kier alpha value is -5.53. The lowest BCUT2D eigenvalue weighted by Gasteiger charge is -2.14. The Balaban J connectivity index is 1.29. The first-order chi connectivity index (χ1) is 22.7. The molecule has 0 aliphatic carbocycles. The maximum Gasteiger partial charge on any atom is 0.0998 e. The van der Waals surface area contributed by atoms with E-state index in [-0.39, 0.29) is 0 Å². The molecule has 0 atom stereocenters. The molecule has 2 heterocycles. The van der Waals surface area contributed by atoms with Crippen LogP contribution < -0.4 is 0 Å². The Morgan fingerprint density at radius 3 is 1.78 bits per heavy atom. The van der Waals surface area contributed by atoms with Crippen molar-refractivity contribution in [3.05, 3.63) is 157 Å². The number of nitrogens with zero attached hydrogens (tertiary/aromatic N) is 1. The number of thiophene rings is 2. The Morgan fingerprint density at radius 2 is 0.978 bits per heavy atom. The maximum atomic E-state index is 10.4. The molecule has 0 unspecified atom stereocenters. The van der Waals surface area contributed by atoms with Crippen LogP contribution in [0.4, 0.5) is 0 Å². The van der Waals surface area contributed by atoms with Crippen LogP contribution in [0.5, 0.6) is 0 Å². The van der Waals surface area contributed by atoms with E-state index in [4.69, 9.17) is 0 Å². The molecule has 214 valence electrons. The summed E-state index contributed by atoms with van der Waals surface area (Å²) in [5, 5.41) is 15.5. The van der Waals surface area contributed by atoms with Gasteiger partial charge >= 0.3 is 0 Å². The second kappa shape index (κ2) is 10.8. The molecule has 1 nitrogen and oxygen atoms in total. The molecule has 0 radical (unpaired) electrons. The van der Waals surface area contributed by atoms with Crippen LogP contribution in [0, 0.1) is 11.3 Å². The number of nitriles is 1. The highest BCUT2D eigenvalue weighted by molar-refractivity contribution is 7.26. The zero-order chi connectivity index (χ0) is 30.6. The summed E-state index contributed by atoms with van der Waals surface area (Å²) in [6, 6.07) is 56.6. The molecule has 0 fully saturated rings. The predicted octanol–water partition coefficient (Wildman–Crippen LogP) is 13.0. The summed E-state index contributed by atoms with van der Waals surface area (Å²) in [7, 11) is 0. The summed E-state index contributed by atoms with van der Waals surface area (Å²) >= 11 is 3.69. The molecule has 7 aromatic carbocycles. The van der Waals surface area contributed by atoms with Crippen LogP contribution in [0.1, 0.15) is 5.56 Å². The summed E-state index contributed by atoms with van der Waals surface area (Å²) < 4.78 is 5.17. The molecular formula is C43H25NS2. The van der Waals surface area contributed by atoms with E-state index in [0.717, 1.165) is 33.4 Å². The molecule has 46 heavy (non-hydrogen) atoms. The second-order valence-electron chi connectivity index (χ2n) is 11.6. The fraction of sp³-hybridized carbons (Fsp3) is 0. The summed E-state index contributed by atoms with van der Waals surface area (Å²) in [4.78, 5) is 0. The highest BCUT2D eigenvalue weighted by atomic mass is 32.1. The van der Waals surface area contributed by atoms with E-state index in [1.54, 1.807) is 0 Å². The van der Waals surface area contributed by atoms with Crippen LogP contribution in [0.15, 0.2) is 152 Å². The highest BCUT2D eigenvalue weighted by Gasteiger charge is 2.16. The molecular weight excluding hydrogens is 595 g/mol. The van der Waals surface area contributed by atoms with Gasteiger partial charge in [-0.25, -0.2) is 0 Å². The van der Waals surface area contributed by atoms with E-state index >= 15 is 0 Å². The van der Waals surface area contributed by atoms with Gasteiger partial charge in [0.15, 0.2) is 0 Å². The van der Waals surface area contributed by atoms with Crippen LogP contribution >= 0.6 is 22.7 Å². The van der Waals surface area contributed by atoms with Crippen LogP contribution in [0.25, 0.3) is 84.9 Å². The van der Waals surface area contributed by atoms with Crippen molar-refractivity contribution in [1.82, 2.24) is 0 Å². The first-order valence-corrected chi connectivity index (χ1v) is 16.9. The molecule has 3 heteroatoms. The van der Waals surface area contributed by atoms with Gasteiger partial charge in [0, 0.05) is 40.3 Å². The van der Waals surface area contributed by atoms with Crippen LogP contribution in [-0.2, 0) is 0 Å². The van der Waals surface area contributed by atoms with Crippen LogP contribution in [0.2, 0.25) is 0 Å². The van der Waals surface area contributed by atoms with Crippen molar-refractivity contribution in [3.8, 4) is 50.6 Å². The average molecular weight is 620 g/mol. The zero-order valence-corrected chi connectivity index (χ0v) is 26.3. The Labute approximate surface area is 274 Å². The Bertz CT molecular complexity index is 2650. The number of benzene rings is 7. The van der Waals surface area contributed by atoms with Crippen molar-refractivity contribution >= 4 is 63.0 Å². The molecule has 0 saturated heterocycles. The third-order valence-corrected chi connectivity index (χ3v) is 11.3. The van der Waals surface area contributed by atoms with Gasteiger partial charge in [-0.15, -0.1) is 22.7 Å². The first kappa shape index (κ1) is 26.8. The second-order valence-corrected chi connectivity index (χ2v) is 13.8. The van der Waals surface area contributed by atoms with E-state index in [9.17, 15) is 5.26 Å². The van der Waals surface area contributed by atoms with E-state index in [0.29, 0.717) is 5.56 Å². The summed E-state index contributed by atoms with van der Waals surface area (Å²) in [5.41, 5.74) is 9.46. The fourth-order valence-corrected chi connectivity index (χ4v) is 9.01. The Morgan fingerprint density at radius 1 is 0.370 bits per heavy atom. The van der Waals surface area contributed by atoms with E-state index in [1.807, 2.05) is 46.9 Å². The third-order valence-electron chi connectivity index (χ3n) is 8.92. The van der Waals surface area contributed by atoms with Crippen molar-refractivity contribution in [2.45, 2.75) is 0 Å². The van der Waals surface area contributed by atoms with Crippen molar-refractivity contribution < 1.29 is 0 Å². The number of fused-ring (bicyclic) bond motifs is 6. The molecule has 0 bridgehead atoms. The minimum absolute atomic E-state index is 0.670. The lowest BCUT2D eigenvalue weighted by Crippen LogP contribution is -1.90. The quantitative estimate of drug-likeness (QED) is 0.192. The zero-order valence-electron chi connectivity index (χ0n) is 24.7. The van der Waals surface area contributed by atoms with E-state index < -0.39 is 0 Å². The van der Waals surface area contributed by atoms with Gasteiger partial charge in [-0.3, -0.25) is 0 Å². The predicted molar refractivity (Wildman–Crippen MR) is 199 cm³/mol. The molecule has 0 N–H and O–H groups in total. The molecule has 2 aromatic heterocycles. The van der Waals surface area contributed by atoms with Crippen LogP contribution in [-0.4, -0.2) is 0 Å². The van der Waals surface area contributed by atoms with Crippen molar-refractivity contribution in [1.29, 1.82) is 5.26 Å². The summed E-state index contributed by atoms with van der Waals surface area (Å²) in [6.07, 6.45) is 0. The average Bonchev–Trinajstić information content (AvgIpc) is 3.69. The topological polar surface area (TPSA) is 23.8 Å². The molecule has 0 aliphatic rings. The standard InChI is InChI=1S/C43H25NS2/c44-26-33-21-28(27-9-2-1-3-10-27)17-19-34(33)31-22-30(29-18-20-42-39(25-29)37-12-5-6-15-40(37)45-42)23-32(24-31)35-13-8-14-38-36-11-4-7-16-41(36)46-43(35)38/h1-25H. The van der Waals surface area contributed by atoms with Gasteiger partial charge in [-0.1, -0.05) is 103 Å². The van der Waals surface area contributed by atoms with Gasteiger partial charge < -0.3 is 0 Å². The molecule has 9 rings (SSSR count). The highest BCUT2D eigenvalue weighted by Crippen LogP contribution is 2.43. The largest absolute Gasteiger partial charge is 0.192 e. The number of hydrogen-bond acceptors (Lipinski definition) is 3. The van der Waals surface area contributed by atoms with Crippen molar-refractivity contribution in [2.75, 3.05) is 0 Å². The Kier molecular flexibility index (Phi) is 6.31. The van der Waals surface area contributed by atoms with Gasteiger partial charge in [0.1, 0.15) is 0 Å². The van der Waals surface area contributed by atoms with Gasteiger partial charge in [-0.05, 0) is 93.0 Å². The minimum Gasteiger partial charge on any atom is -0.192 e. The van der Waals surface area contributed by atoms with Gasteiger partial charge in [0.2, 0.25) is 0 Å². The van der Waals surface area contributed by atoms with E-state index in [1.165, 1.54) is 51.5 Å². The molecule has 0 spiro atoms. The lowest BCUT2D eigenvalue weighted by atomic mass is 9.90. The SMILES string of the molecule is N#Cc1cc(-c2ccccc2)ccc1-c1cc(-c2ccc3sc4ccccc4c3c2)cc(-c2cccc3c2sc2ccccc23)c1. The molecule has 9 aromatic rings. The monoisotopic (exact) mass is 619 g/mol. The molecule has 0 aliphatic heterocycles. The normalized spacial score (nSPS) is 11.5. The summed E-state index contributed by atoms with van der Waals surface area (Å²) in [6.45, 7) is 0. The molecule has 0 saturated carbocycles. The van der Waals surface area contributed by atoms with E-state index in [2.05, 4.69) is 133 Å². The molecule has 0 amide bonds. The van der Waals surface area contributed by atoms with Gasteiger partial charge in [0.25, 0.3) is 0 Å². The number of rotatable bonds is 4. The summed E-state index contributed by atoms with van der Waals surface area (Å²) in [5.74, 6) is 0. The fourth-order valence-electron chi connectivity index (χ4n) is 6.68. The smallest absolute Gasteiger partial charge is 0.0998 e. The first-order valence-electron chi connectivity index (χ1n) is 15.3. The van der Waals surface area contributed by atoms with Crippen molar-refractivity contribution in [2.24, 2.45) is 0 Å². The minimum atomic E-state index is 0.670. The third kappa shape index (κ3) is 4.43. The maximum absolute atomic E-state index is 10.4. The lowest BCUT2D eigenvalue weighted by molar-refractivity contribution is 1.47. The van der Waals surface area contributed by atoms with Gasteiger partial charge in [0.05, 0.1) is 11.6 Å². The van der Waals surface area contributed by atoms with Gasteiger partial charge in [-0.2, -0.15) is 5.26 Å². The number of hydrogen-bond donors (Lipinski definition) is 0. The van der Waals surface area contributed by atoms with Crippen molar-refractivity contribution in [3.63, 3.8) is 0 Å².